The van der Waals surface area contributed by atoms with Crippen LogP contribution in [0.15, 0.2) is 36.5 Å². The molecule has 5 rings (SSSR count). The monoisotopic (exact) mass is 478 g/mol. The molecule has 0 radical (unpaired) electrons. The van der Waals surface area contributed by atoms with Crippen LogP contribution in [-0.4, -0.2) is 59.3 Å². The summed E-state index contributed by atoms with van der Waals surface area (Å²) in [5.41, 5.74) is 2.01. The summed E-state index contributed by atoms with van der Waals surface area (Å²) in [6.07, 6.45) is 7.52. The van der Waals surface area contributed by atoms with Crippen molar-refractivity contribution in [2.75, 3.05) is 12.0 Å². The number of nitrogens with one attached hydrogen (secondary N) is 2. The number of fused-ring (bicyclic) bond motifs is 2. The molecule has 2 aromatic rings. The SMILES string of the molecule is COc1cccc(C(=O)NC2CC3CCC(C2)N3c2ccc(C(=O)N[C@H]3CCC[C@@H]3O)cn2)c1C. The van der Waals surface area contributed by atoms with Gasteiger partial charge in [-0.05, 0) is 76.1 Å². The predicted molar refractivity (Wildman–Crippen MR) is 133 cm³/mol. The van der Waals surface area contributed by atoms with E-state index in [0.29, 0.717) is 23.2 Å². The van der Waals surface area contributed by atoms with Gasteiger partial charge in [-0.15, -0.1) is 0 Å². The lowest BCUT2D eigenvalue weighted by atomic mass is 9.96. The molecule has 2 unspecified atom stereocenters. The van der Waals surface area contributed by atoms with Gasteiger partial charge in [-0.3, -0.25) is 9.59 Å². The van der Waals surface area contributed by atoms with E-state index in [4.69, 9.17) is 4.74 Å². The fourth-order valence-corrected chi connectivity index (χ4v) is 6.05. The number of hydrogen-bond donors (Lipinski definition) is 3. The van der Waals surface area contributed by atoms with Gasteiger partial charge in [0.25, 0.3) is 11.8 Å². The maximum absolute atomic E-state index is 13.0. The molecular formula is C27H34N4O4. The molecule has 1 aliphatic carbocycles. The average molecular weight is 479 g/mol. The van der Waals surface area contributed by atoms with Crippen molar-refractivity contribution in [2.24, 2.45) is 0 Å². The van der Waals surface area contributed by atoms with E-state index in [9.17, 15) is 14.7 Å². The maximum Gasteiger partial charge on any atom is 0.253 e. The van der Waals surface area contributed by atoms with E-state index < -0.39 is 6.10 Å². The lowest BCUT2D eigenvalue weighted by Gasteiger charge is -2.40. The van der Waals surface area contributed by atoms with Crippen molar-refractivity contribution in [3.05, 3.63) is 53.2 Å². The quantitative estimate of drug-likeness (QED) is 0.590. The van der Waals surface area contributed by atoms with Crippen molar-refractivity contribution >= 4 is 17.6 Å². The standard InChI is InChI=1S/C27H34N4O4/c1-16-21(5-3-8-24(16)35-2)27(34)29-18-13-19-10-11-20(14-18)31(19)25-12-9-17(15-28-25)26(33)30-22-6-4-7-23(22)32/h3,5,8-9,12,15,18-20,22-23,32H,4,6-7,10-11,13-14H2,1-2H3,(H,29,34)(H,30,33)/t18?,19?,20?,22-,23-/m0/s1. The molecule has 2 saturated heterocycles. The largest absolute Gasteiger partial charge is 0.496 e. The van der Waals surface area contributed by atoms with Gasteiger partial charge in [-0.2, -0.15) is 0 Å². The zero-order valence-electron chi connectivity index (χ0n) is 20.4. The second kappa shape index (κ2) is 9.85. The molecule has 3 fully saturated rings. The molecule has 1 aromatic carbocycles. The van der Waals surface area contributed by atoms with Crippen LogP contribution >= 0.6 is 0 Å². The Kier molecular flexibility index (Phi) is 6.65. The minimum Gasteiger partial charge on any atom is -0.496 e. The average Bonchev–Trinajstić information content (AvgIpc) is 3.38. The lowest BCUT2D eigenvalue weighted by molar-refractivity contribution is 0.0872. The smallest absolute Gasteiger partial charge is 0.253 e. The second-order valence-electron chi connectivity index (χ2n) is 10.1. The number of anilines is 1. The summed E-state index contributed by atoms with van der Waals surface area (Å²) >= 11 is 0. The number of pyridine rings is 1. The number of rotatable bonds is 6. The Hall–Kier alpha value is -3.13. The molecule has 3 N–H and O–H groups in total. The number of amides is 2. The summed E-state index contributed by atoms with van der Waals surface area (Å²) in [6.45, 7) is 1.91. The summed E-state index contributed by atoms with van der Waals surface area (Å²) in [6, 6.07) is 9.85. The van der Waals surface area contributed by atoms with Crippen LogP contribution in [0.4, 0.5) is 5.82 Å². The van der Waals surface area contributed by atoms with Crippen LogP contribution in [0.3, 0.4) is 0 Å². The number of carbonyl (C=O) groups excluding carboxylic acids is 2. The third kappa shape index (κ3) is 4.72. The van der Waals surface area contributed by atoms with Gasteiger partial charge < -0.3 is 25.4 Å². The van der Waals surface area contributed by atoms with Gasteiger partial charge in [0.1, 0.15) is 11.6 Å². The summed E-state index contributed by atoms with van der Waals surface area (Å²) in [4.78, 5) is 32.6. The molecule has 3 aliphatic rings. The summed E-state index contributed by atoms with van der Waals surface area (Å²) in [7, 11) is 1.62. The van der Waals surface area contributed by atoms with Crippen molar-refractivity contribution < 1.29 is 19.4 Å². The summed E-state index contributed by atoms with van der Waals surface area (Å²) in [5.74, 6) is 1.35. The number of nitrogens with zero attached hydrogens (tertiary/aromatic N) is 2. The zero-order valence-corrected chi connectivity index (χ0v) is 20.4. The zero-order chi connectivity index (χ0) is 24.5. The second-order valence-corrected chi connectivity index (χ2v) is 10.1. The van der Waals surface area contributed by atoms with Crippen molar-refractivity contribution in [1.82, 2.24) is 15.6 Å². The fraction of sp³-hybridized carbons (Fsp3) is 0.519. The highest BCUT2D eigenvalue weighted by molar-refractivity contribution is 5.96. The number of piperidine rings is 1. The van der Waals surface area contributed by atoms with E-state index in [0.717, 1.165) is 62.1 Å². The first-order valence-electron chi connectivity index (χ1n) is 12.6. The minimum absolute atomic E-state index is 0.0554. The minimum atomic E-state index is -0.462. The maximum atomic E-state index is 13.0. The van der Waals surface area contributed by atoms with Gasteiger partial charge in [-0.25, -0.2) is 4.98 Å². The number of benzene rings is 1. The van der Waals surface area contributed by atoms with Gasteiger partial charge in [0.05, 0.1) is 24.8 Å². The van der Waals surface area contributed by atoms with E-state index in [1.54, 1.807) is 13.3 Å². The fourth-order valence-electron chi connectivity index (χ4n) is 6.05. The number of hydrogen-bond acceptors (Lipinski definition) is 6. The van der Waals surface area contributed by atoms with E-state index in [1.807, 2.05) is 37.3 Å². The molecule has 186 valence electrons. The first kappa shape index (κ1) is 23.6. The Morgan fingerprint density at radius 1 is 1.03 bits per heavy atom. The molecular weight excluding hydrogens is 444 g/mol. The van der Waals surface area contributed by atoms with Crippen molar-refractivity contribution in [2.45, 2.75) is 82.1 Å². The Morgan fingerprint density at radius 3 is 2.43 bits per heavy atom. The molecule has 0 spiro atoms. The number of ether oxygens (including phenoxy) is 1. The van der Waals surface area contributed by atoms with Crippen molar-refractivity contribution in [3.8, 4) is 5.75 Å². The van der Waals surface area contributed by atoms with Gasteiger partial charge in [-0.1, -0.05) is 6.07 Å². The van der Waals surface area contributed by atoms with E-state index in [-0.39, 0.29) is 23.9 Å². The number of carbonyl (C=O) groups is 2. The molecule has 8 heteroatoms. The van der Waals surface area contributed by atoms with Gasteiger partial charge in [0, 0.05) is 35.4 Å². The topological polar surface area (TPSA) is 104 Å². The molecule has 8 nitrogen and oxygen atoms in total. The van der Waals surface area contributed by atoms with E-state index >= 15 is 0 Å². The molecule has 1 saturated carbocycles. The van der Waals surface area contributed by atoms with Crippen molar-refractivity contribution in [1.29, 1.82) is 0 Å². The number of aliphatic hydroxyl groups is 1. The number of methoxy groups -OCH3 is 1. The van der Waals surface area contributed by atoms with Crippen LogP contribution in [0.25, 0.3) is 0 Å². The van der Waals surface area contributed by atoms with Crippen LogP contribution in [-0.2, 0) is 0 Å². The Morgan fingerprint density at radius 2 is 1.80 bits per heavy atom. The first-order chi connectivity index (χ1) is 16.9. The van der Waals surface area contributed by atoms with Crippen molar-refractivity contribution in [3.63, 3.8) is 0 Å². The normalized spacial score (nSPS) is 27.5. The highest BCUT2D eigenvalue weighted by atomic mass is 16.5. The summed E-state index contributed by atoms with van der Waals surface area (Å²) < 4.78 is 5.36. The molecule has 3 heterocycles. The van der Waals surface area contributed by atoms with Gasteiger partial charge in [0.2, 0.25) is 0 Å². The highest BCUT2D eigenvalue weighted by Crippen LogP contribution is 2.38. The molecule has 1 aromatic heterocycles. The summed E-state index contributed by atoms with van der Waals surface area (Å²) in [5, 5.41) is 16.2. The van der Waals surface area contributed by atoms with Crippen LogP contribution < -0.4 is 20.3 Å². The highest BCUT2D eigenvalue weighted by Gasteiger charge is 2.42. The van der Waals surface area contributed by atoms with Crippen LogP contribution in [0, 0.1) is 6.92 Å². The lowest BCUT2D eigenvalue weighted by Crippen LogP contribution is -2.50. The Bertz CT molecular complexity index is 1080. The molecule has 35 heavy (non-hydrogen) atoms. The van der Waals surface area contributed by atoms with Crippen LogP contribution in [0.2, 0.25) is 0 Å². The van der Waals surface area contributed by atoms with Gasteiger partial charge >= 0.3 is 0 Å². The number of aromatic nitrogens is 1. The Labute approximate surface area is 206 Å². The van der Waals surface area contributed by atoms with E-state index in [2.05, 4.69) is 20.5 Å². The molecule has 2 bridgehead atoms. The molecule has 2 aliphatic heterocycles. The number of aliphatic hydroxyl groups excluding tert-OH is 1. The molecule has 2 amide bonds. The van der Waals surface area contributed by atoms with Crippen LogP contribution in [0.5, 0.6) is 5.75 Å². The van der Waals surface area contributed by atoms with Gasteiger partial charge in [0.15, 0.2) is 0 Å². The first-order valence-corrected chi connectivity index (χ1v) is 12.6. The predicted octanol–water partition coefficient (Wildman–Crippen LogP) is 2.97. The third-order valence-electron chi connectivity index (χ3n) is 7.89. The Balaban J connectivity index is 1.21. The van der Waals surface area contributed by atoms with Crippen LogP contribution in [0.1, 0.15) is 71.2 Å². The molecule has 4 atom stereocenters. The third-order valence-corrected chi connectivity index (χ3v) is 7.89. The van der Waals surface area contributed by atoms with E-state index in [1.165, 1.54) is 0 Å².